The molecule has 132 valence electrons. The van der Waals surface area contributed by atoms with Crippen LogP contribution in [0.3, 0.4) is 0 Å². The molecule has 9 heteroatoms. The SMILES string of the molecule is CCc1[nH]c(C(=O)N[C@@H]2CCN(C(=O)O)C[C@H]2NC2CC2)nc1Cl. The Morgan fingerprint density at radius 1 is 1.38 bits per heavy atom. The van der Waals surface area contributed by atoms with Gasteiger partial charge in [0.05, 0.1) is 5.69 Å². The van der Waals surface area contributed by atoms with Gasteiger partial charge >= 0.3 is 6.09 Å². The van der Waals surface area contributed by atoms with Crippen molar-refractivity contribution >= 4 is 23.6 Å². The number of aromatic nitrogens is 2. The minimum absolute atomic E-state index is 0.0950. The Labute approximate surface area is 145 Å². The predicted octanol–water partition coefficient (Wildman–Crippen LogP) is 1.23. The predicted molar refractivity (Wildman–Crippen MR) is 88.4 cm³/mol. The number of aromatic amines is 1. The number of piperidine rings is 1. The van der Waals surface area contributed by atoms with Crippen molar-refractivity contribution in [1.29, 1.82) is 0 Å². The van der Waals surface area contributed by atoms with E-state index in [0.29, 0.717) is 37.1 Å². The van der Waals surface area contributed by atoms with E-state index in [1.165, 1.54) is 4.90 Å². The largest absolute Gasteiger partial charge is 0.465 e. The highest BCUT2D eigenvalue weighted by atomic mass is 35.5. The van der Waals surface area contributed by atoms with Gasteiger partial charge in [0.25, 0.3) is 5.91 Å². The molecule has 2 fully saturated rings. The lowest BCUT2D eigenvalue weighted by Gasteiger charge is -2.38. The number of imidazole rings is 1. The summed E-state index contributed by atoms with van der Waals surface area (Å²) < 4.78 is 0. The zero-order valence-corrected chi connectivity index (χ0v) is 14.3. The van der Waals surface area contributed by atoms with E-state index in [4.69, 9.17) is 11.6 Å². The number of carbonyl (C=O) groups is 2. The number of aryl methyl sites for hydroxylation is 1. The first kappa shape index (κ1) is 17.0. The molecule has 4 N–H and O–H groups in total. The van der Waals surface area contributed by atoms with E-state index in [0.717, 1.165) is 18.5 Å². The number of H-pyrrole nitrogens is 1. The summed E-state index contributed by atoms with van der Waals surface area (Å²) >= 11 is 5.99. The first-order chi connectivity index (χ1) is 11.5. The molecule has 3 rings (SSSR count). The van der Waals surface area contributed by atoms with Crippen molar-refractivity contribution < 1.29 is 14.7 Å². The highest BCUT2D eigenvalue weighted by Gasteiger charge is 2.36. The molecule has 8 nitrogen and oxygen atoms in total. The molecule has 2 amide bonds. The molecule has 1 aromatic rings. The van der Waals surface area contributed by atoms with E-state index in [9.17, 15) is 14.7 Å². The van der Waals surface area contributed by atoms with Gasteiger partial charge < -0.3 is 25.6 Å². The molecule has 0 radical (unpaired) electrons. The van der Waals surface area contributed by atoms with E-state index in [1.54, 1.807) is 0 Å². The van der Waals surface area contributed by atoms with E-state index in [-0.39, 0.29) is 23.8 Å². The van der Waals surface area contributed by atoms with Gasteiger partial charge in [0.1, 0.15) is 0 Å². The summed E-state index contributed by atoms with van der Waals surface area (Å²) in [4.78, 5) is 32.0. The minimum Gasteiger partial charge on any atom is -0.465 e. The second-order valence-electron chi connectivity index (χ2n) is 6.35. The van der Waals surface area contributed by atoms with Gasteiger partial charge in [-0.15, -0.1) is 0 Å². The monoisotopic (exact) mass is 355 g/mol. The number of carboxylic acid groups (broad SMARTS) is 1. The molecule has 1 aliphatic carbocycles. The average Bonchev–Trinajstić information content (AvgIpc) is 3.28. The number of halogens is 1. The quantitative estimate of drug-likeness (QED) is 0.635. The van der Waals surface area contributed by atoms with Crippen LogP contribution < -0.4 is 10.6 Å². The van der Waals surface area contributed by atoms with Gasteiger partial charge in [-0.3, -0.25) is 4.79 Å². The summed E-state index contributed by atoms with van der Waals surface area (Å²) in [7, 11) is 0. The topological polar surface area (TPSA) is 110 Å². The molecule has 0 bridgehead atoms. The van der Waals surface area contributed by atoms with Crippen LogP contribution in [0.2, 0.25) is 5.15 Å². The Hall–Kier alpha value is -1.80. The molecule has 0 aromatic carbocycles. The van der Waals surface area contributed by atoms with Crippen molar-refractivity contribution in [2.75, 3.05) is 13.1 Å². The zero-order chi connectivity index (χ0) is 17.3. The molecule has 1 saturated carbocycles. The molecule has 0 unspecified atom stereocenters. The Bertz CT molecular complexity index is 631. The molecular formula is C15H22ClN5O3. The Morgan fingerprint density at radius 2 is 2.12 bits per heavy atom. The van der Waals surface area contributed by atoms with E-state index in [1.807, 2.05) is 6.92 Å². The van der Waals surface area contributed by atoms with Crippen molar-refractivity contribution in [2.45, 2.75) is 50.7 Å². The van der Waals surface area contributed by atoms with E-state index >= 15 is 0 Å². The van der Waals surface area contributed by atoms with E-state index < -0.39 is 6.09 Å². The maximum atomic E-state index is 12.4. The Kier molecular flexibility index (Phi) is 4.96. The standard InChI is InChI=1S/C15H22ClN5O3/c1-2-9-12(16)20-13(18-9)14(22)19-10-5-6-21(15(23)24)7-11(10)17-8-3-4-8/h8,10-11,17H,2-7H2,1H3,(H,18,20)(H,19,22)(H,23,24)/t10-,11-/m1/s1. The van der Waals surface area contributed by atoms with Gasteiger partial charge in [0.2, 0.25) is 0 Å². The number of hydrogen-bond acceptors (Lipinski definition) is 4. The van der Waals surface area contributed by atoms with Crippen molar-refractivity contribution in [1.82, 2.24) is 25.5 Å². The molecule has 2 aliphatic rings. The summed E-state index contributed by atoms with van der Waals surface area (Å²) in [5.41, 5.74) is 0.732. The van der Waals surface area contributed by atoms with Crippen molar-refractivity contribution in [3.05, 3.63) is 16.7 Å². The van der Waals surface area contributed by atoms with Crippen molar-refractivity contribution in [2.24, 2.45) is 0 Å². The fourth-order valence-electron chi connectivity index (χ4n) is 2.99. The summed E-state index contributed by atoms with van der Waals surface area (Å²) in [6.45, 7) is 2.70. The summed E-state index contributed by atoms with van der Waals surface area (Å²) in [6.07, 6.45) is 2.50. The number of hydrogen-bond donors (Lipinski definition) is 4. The van der Waals surface area contributed by atoms with Gasteiger partial charge in [0, 0.05) is 31.2 Å². The van der Waals surface area contributed by atoms with Gasteiger partial charge in [-0.1, -0.05) is 18.5 Å². The van der Waals surface area contributed by atoms with Crippen LogP contribution >= 0.6 is 11.6 Å². The molecule has 1 aliphatic heterocycles. The van der Waals surface area contributed by atoms with Crippen LogP contribution in [0.25, 0.3) is 0 Å². The summed E-state index contributed by atoms with van der Waals surface area (Å²) in [5, 5.41) is 15.9. The molecule has 0 spiro atoms. The fraction of sp³-hybridized carbons (Fsp3) is 0.667. The zero-order valence-electron chi connectivity index (χ0n) is 13.5. The average molecular weight is 356 g/mol. The molecule has 1 saturated heterocycles. The number of nitrogens with zero attached hydrogens (tertiary/aromatic N) is 2. The van der Waals surface area contributed by atoms with Crippen LogP contribution in [0.1, 0.15) is 42.5 Å². The van der Waals surface area contributed by atoms with Crippen LogP contribution in [0.15, 0.2) is 0 Å². The molecule has 24 heavy (non-hydrogen) atoms. The molecular weight excluding hydrogens is 334 g/mol. The third-order valence-corrected chi connectivity index (χ3v) is 4.84. The lowest BCUT2D eigenvalue weighted by Crippen LogP contribution is -2.60. The van der Waals surface area contributed by atoms with Crippen LogP contribution in [-0.2, 0) is 6.42 Å². The second kappa shape index (κ2) is 6.98. The third kappa shape index (κ3) is 3.81. The van der Waals surface area contributed by atoms with E-state index in [2.05, 4.69) is 20.6 Å². The second-order valence-corrected chi connectivity index (χ2v) is 6.71. The molecule has 1 aromatic heterocycles. The van der Waals surface area contributed by atoms with Crippen molar-refractivity contribution in [3.8, 4) is 0 Å². The summed E-state index contributed by atoms with van der Waals surface area (Å²) in [6, 6.07) is 0.193. The lowest BCUT2D eigenvalue weighted by molar-refractivity contribution is 0.0861. The number of likely N-dealkylation sites (tertiary alicyclic amines) is 1. The van der Waals surface area contributed by atoms with Gasteiger partial charge in [-0.25, -0.2) is 9.78 Å². The number of carbonyl (C=O) groups excluding carboxylic acids is 1. The first-order valence-corrected chi connectivity index (χ1v) is 8.65. The highest BCUT2D eigenvalue weighted by Crippen LogP contribution is 2.22. The third-order valence-electron chi connectivity index (χ3n) is 4.52. The number of rotatable bonds is 5. The molecule has 2 heterocycles. The van der Waals surface area contributed by atoms with Gasteiger partial charge in [-0.05, 0) is 25.7 Å². The van der Waals surface area contributed by atoms with Crippen LogP contribution in [0.5, 0.6) is 0 Å². The van der Waals surface area contributed by atoms with Gasteiger partial charge in [0.15, 0.2) is 11.0 Å². The van der Waals surface area contributed by atoms with Crippen molar-refractivity contribution in [3.63, 3.8) is 0 Å². The lowest BCUT2D eigenvalue weighted by atomic mass is 9.99. The summed E-state index contributed by atoms with van der Waals surface area (Å²) in [5.74, 6) is -0.115. The Morgan fingerprint density at radius 3 is 2.71 bits per heavy atom. The smallest absolute Gasteiger partial charge is 0.407 e. The maximum Gasteiger partial charge on any atom is 0.407 e. The maximum absolute atomic E-state index is 12.4. The normalized spacial score (nSPS) is 24.0. The minimum atomic E-state index is -0.923. The number of amides is 2. The molecule has 2 atom stereocenters. The highest BCUT2D eigenvalue weighted by molar-refractivity contribution is 6.30. The number of nitrogens with one attached hydrogen (secondary N) is 3. The first-order valence-electron chi connectivity index (χ1n) is 8.27. The Balaban J connectivity index is 1.66. The van der Waals surface area contributed by atoms with Gasteiger partial charge in [-0.2, -0.15) is 0 Å². The fourth-order valence-corrected chi connectivity index (χ4v) is 3.25. The van der Waals surface area contributed by atoms with Crippen LogP contribution in [0, 0.1) is 0 Å². The van der Waals surface area contributed by atoms with Crippen LogP contribution in [0.4, 0.5) is 4.79 Å². The van der Waals surface area contributed by atoms with Crippen LogP contribution in [-0.4, -0.2) is 63.2 Å².